The monoisotopic (exact) mass is 233 g/mol. The van der Waals surface area contributed by atoms with Crippen molar-refractivity contribution in [3.05, 3.63) is 42.1 Å². The standard InChI is InChI=1S/C13H16FN3/c1-15-7-3-6-13-16-9-12(17-13)10-4-2-5-11(14)8-10/h2,4-5,8-9,15H,3,6-7H2,1H3,(H,16,17). The molecule has 90 valence electrons. The summed E-state index contributed by atoms with van der Waals surface area (Å²) in [6.07, 6.45) is 3.69. The van der Waals surface area contributed by atoms with E-state index in [1.807, 2.05) is 13.1 Å². The lowest BCUT2D eigenvalue weighted by Gasteiger charge is -1.98. The van der Waals surface area contributed by atoms with E-state index in [9.17, 15) is 4.39 Å². The van der Waals surface area contributed by atoms with E-state index in [2.05, 4.69) is 15.3 Å². The van der Waals surface area contributed by atoms with Crippen molar-refractivity contribution in [3.63, 3.8) is 0 Å². The van der Waals surface area contributed by atoms with Crippen LogP contribution in [0, 0.1) is 5.82 Å². The van der Waals surface area contributed by atoms with Crippen molar-refractivity contribution in [2.24, 2.45) is 0 Å². The zero-order valence-electron chi connectivity index (χ0n) is 9.83. The Labute approximate surface area is 100 Å². The molecule has 0 spiro atoms. The first-order chi connectivity index (χ1) is 8.29. The molecule has 0 aliphatic rings. The Balaban J connectivity index is 2.07. The minimum absolute atomic E-state index is 0.228. The fraction of sp³-hybridized carbons (Fsp3) is 0.308. The molecule has 3 nitrogen and oxygen atoms in total. The Hall–Kier alpha value is -1.68. The maximum Gasteiger partial charge on any atom is 0.123 e. The lowest BCUT2D eigenvalue weighted by atomic mass is 10.2. The van der Waals surface area contributed by atoms with E-state index in [0.717, 1.165) is 36.5 Å². The van der Waals surface area contributed by atoms with Gasteiger partial charge in [-0.15, -0.1) is 0 Å². The molecule has 0 unspecified atom stereocenters. The van der Waals surface area contributed by atoms with E-state index < -0.39 is 0 Å². The molecule has 4 heteroatoms. The van der Waals surface area contributed by atoms with Gasteiger partial charge >= 0.3 is 0 Å². The summed E-state index contributed by atoms with van der Waals surface area (Å²) in [5.41, 5.74) is 1.70. The maximum absolute atomic E-state index is 13.1. The lowest BCUT2D eigenvalue weighted by molar-refractivity contribution is 0.628. The topological polar surface area (TPSA) is 40.7 Å². The lowest BCUT2D eigenvalue weighted by Crippen LogP contribution is -2.08. The highest BCUT2D eigenvalue weighted by Crippen LogP contribution is 2.18. The molecular formula is C13H16FN3. The van der Waals surface area contributed by atoms with Gasteiger partial charge in [0.05, 0.1) is 11.9 Å². The number of hydrogen-bond donors (Lipinski definition) is 2. The van der Waals surface area contributed by atoms with Crippen molar-refractivity contribution < 1.29 is 4.39 Å². The van der Waals surface area contributed by atoms with Gasteiger partial charge < -0.3 is 10.3 Å². The van der Waals surface area contributed by atoms with Crippen molar-refractivity contribution >= 4 is 0 Å². The van der Waals surface area contributed by atoms with Gasteiger partial charge in [-0.1, -0.05) is 12.1 Å². The molecule has 1 aromatic heterocycles. The summed E-state index contributed by atoms with van der Waals surface area (Å²) in [7, 11) is 1.93. The van der Waals surface area contributed by atoms with E-state index >= 15 is 0 Å². The number of aromatic amines is 1. The molecule has 2 rings (SSSR count). The molecule has 1 heterocycles. The zero-order valence-corrected chi connectivity index (χ0v) is 9.83. The predicted octanol–water partition coefficient (Wildman–Crippen LogP) is 2.37. The van der Waals surface area contributed by atoms with Crippen molar-refractivity contribution in [1.29, 1.82) is 0 Å². The number of hydrogen-bond acceptors (Lipinski definition) is 2. The molecule has 1 aromatic carbocycles. The number of halogens is 1. The Morgan fingerprint density at radius 3 is 3.06 bits per heavy atom. The van der Waals surface area contributed by atoms with E-state index in [-0.39, 0.29) is 5.82 Å². The van der Waals surface area contributed by atoms with E-state index in [1.54, 1.807) is 12.3 Å². The Morgan fingerprint density at radius 1 is 1.41 bits per heavy atom. The van der Waals surface area contributed by atoms with Crippen LogP contribution in [0.5, 0.6) is 0 Å². The first kappa shape index (κ1) is 11.8. The fourth-order valence-electron chi connectivity index (χ4n) is 1.72. The third-order valence-electron chi connectivity index (χ3n) is 2.60. The quantitative estimate of drug-likeness (QED) is 0.778. The molecule has 2 N–H and O–H groups in total. The number of nitrogens with one attached hydrogen (secondary N) is 2. The van der Waals surface area contributed by atoms with Gasteiger partial charge in [0.25, 0.3) is 0 Å². The summed E-state index contributed by atoms with van der Waals surface area (Å²) in [6.45, 7) is 0.968. The molecule has 0 aliphatic carbocycles. The first-order valence-electron chi connectivity index (χ1n) is 5.74. The Morgan fingerprint density at radius 2 is 2.29 bits per heavy atom. The van der Waals surface area contributed by atoms with Gasteiger partial charge in [-0.2, -0.15) is 0 Å². The average Bonchev–Trinajstić information content (AvgIpc) is 2.78. The van der Waals surface area contributed by atoms with Crippen LogP contribution in [0.15, 0.2) is 30.5 Å². The minimum Gasteiger partial charge on any atom is -0.342 e. The predicted molar refractivity (Wildman–Crippen MR) is 66.2 cm³/mol. The fourth-order valence-corrected chi connectivity index (χ4v) is 1.72. The second-order valence-electron chi connectivity index (χ2n) is 3.96. The summed E-state index contributed by atoms with van der Waals surface area (Å²) in [6, 6.07) is 6.51. The average molecular weight is 233 g/mol. The van der Waals surface area contributed by atoms with Crippen LogP contribution in [-0.2, 0) is 6.42 Å². The van der Waals surface area contributed by atoms with Crippen LogP contribution >= 0.6 is 0 Å². The van der Waals surface area contributed by atoms with Gasteiger partial charge in [0.15, 0.2) is 0 Å². The molecule has 0 amide bonds. The molecule has 0 saturated carbocycles. The number of aromatic nitrogens is 2. The van der Waals surface area contributed by atoms with Gasteiger partial charge in [-0.05, 0) is 32.1 Å². The Bertz CT molecular complexity index is 479. The van der Waals surface area contributed by atoms with Crippen molar-refractivity contribution in [3.8, 4) is 11.3 Å². The van der Waals surface area contributed by atoms with Crippen LogP contribution in [0.3, 0.4) is 0 Å². The van der Waals surface area contributed by atoms with Crippen LogP contribution in [0.25, 0.3) is 11.3 Å². The van der Waals surface area contributed by atoms with Crippen LogP contribution in [0.1, 0.15) is 12.2 Å². The molecule has 2 aromatic rings. The van der Waals surface area contributed by atoms with E-state index in [4.69, 9.17) is 0 Å². The number of nitrogens with zero attached hydrogens (tertiary/aromatic N) is 1. The SMILES string of the molecule is CNCCCc1ncc(-c2cccc(F)c2)[nH]1. The van der Waals surface area contributed by atoms with Crippen LogP contribution in [0.2, 0.25) is 0 Å². The highest BCUT2D eigenvalue weighted by Gasteiger charge is 2.03. The number of benzene rings is 1. The molecule has 0 fully saturated rings. The second kappa shape index (κ2) is 5.59. The van der Waals surface area contributed by atoms with Crippen LogP contribution < -0.4 is 5.32 Å². The third-order valence-corrected chi connectivity index (χ3v) is 2.60. The number of rotatable bonds is 5. The van der Waals surface area contributed by atoms with Gasteiger partial charge in [-0.25, -0.2) is 9.37 Å². The van der Waals surface area contributed by atoms with E-state index in [0.29, 0.717) is 0 Å². The summed E-state index contributed by atoms with van der Waals surface area (Å²) in [5.74, 6) is 0.716. The molecule has 17 heavy (non-hydrogen) atoms. The normalized spacial score (nSPS) is 10.7. The molecular weight excluding hydrogens is 217 g/mol. The summed E-state index contributed by atoms with van der Waals surface area (Å²) >= 11 is 0. The van der Waals surface area contributed by atoms with Gasteiger partial charge in [0.2, 0.25) is 0 Å². The maximum atomic E-state index is 13.1. The number of H-pyrrole nitrogens is 1. The van der Waals surface area contributed by atoms with Gasteiger partial charge in [0, 0.05) is 12.0 Å². The molecule has 0 saturated heterocycles. The summed E-state index contributed by atoms with van der Waals surface area (Å²) in [4.78, 5) is 7.50. The summed E-state index contributed by atoms with van der Waals surface area (Å²) in [5, 5.41) is 3.09. The summed E-state index contributed by atoms with van der Waals surface area (Å²) < 4.78 is 13.1. The number of aryl methyl sites for hydroxylation is 1. The molecule has 0 aliphatic heterocycles. The minimum atomic E-state index is -0.228. The largest absolute Gasteiger partial charge is 0.342 e. The van der Waals surface area contributed by atoms with Crippen molar-refractivity contribution in [2.45, 2.75) is 12.8 Å². The molecule has 0 bridgehead atoms. The smallest absolute Gasteiger partial charge is 0.123 e. The first-order valence-corrected chi connectivity index (χ1v) is 5.74. The van der Waals surface area contributed by atoms with Gasteiger partial charge in [0.1, 0.15) is 11.6 Å². The molecule has 0 radical (unpaired) electrons. The zero-order chi connectivity index (χ0) is 12.1. The number of imidazole rings is 1. The van der Waals surface area contributed by atoms with Gasteiger partial charge in [-0.3, -0.25) is 0 Å². The highest BCUT2D eigenvalue weighted by atomic mass is 19.1. The van der Waals surface area contributed by atoms with E-state index in [1.165, 1.54) is 12.1 Å². The second-order valence-corrected chi connectivity index (χ2v) is 3.96. The Kier molecular flexibility index (Phi) is 3.88. The van der Waals surface area contributed by atoms with Crippen LogP contribution in [0.4, 0.5) is 4.39 Å². The molecule has 0 atom stereocenters. The van der Waals surface area contributed by atoms with Crippen molar-refractivity contribution in [2.75, 3.05) is 13.6 Å². The highest BCUT2D eigenvalue weighted by molar-refractivity contribution is 5.58. The van der Waals surface area contributed by atoms with Crippen molar-refractivity contribution in [1.82, 2.24) is 15.3 Å². The third kappa shape index (κ3) is 3.14. The van der Waals surface area contributed by atoms with Crippen LogP contribution in [-0.4, -0.2) is 23.6 Å².